The van der Waals surface area contributed by atoms with E-state index in [1.807, 2.05) is 18.2 Å². The summed E-state index contributed by atoms with van der Waals surface area (Å²) >= 11 is 0. The average molecular weight is 279 g/mol. The molecule has 1 unspecified atom stereocenters. The van der Waals surface area contributed by atoms with E-state index < -0.39 is 0 Å². The molecule has 3 aromatic rings. The van der Waals surface area contributed by atoms with Crippen LogP contribution in [0.2, 0.25) is 0 Å². The largest absolute Gasteiger partial charge is 0.341 e. The lowest BCUT2D eigenvalue weighted by Gasteiger charge is -2.11. The van der Waals surface area contributed by atoms with Crippen LogP contribution in [0.1, 0.15) is 30.7 Å². The molecule has 1 aromatic heterocycles. The molecular formula is C18H21N3. The molecule has 0 saturated carbocycles. The van der Waals surface area contributed by atoms with Gasteiger partial charge in [0.15, 0.2) is 0 Å². The fourth-order valence-electron chi connectivity index (χ4n) is 2.56. The summed E-state index contributed by atoms with van der Waals surface area (Å²) in [6, 6.07) is 18.8. The maximum atomic E-state index is 4.57. The van der Waals surface area contributed by atoms with Gasteiger partial charge in [0.1, 0.15) is 5.82 Å². The summed E-state index contributed by atoms with van der Waals surface area (Å²) in [5.41, 5.74) is 3.54. The normalized spacial score (nSPS) is 12.6. The van der Waals surface area contributed by atoms with E-state index in [0.717, 1.165) is 36.4 Å². The molecule has 0 radical (unpaired) electrons. The summed E-state index contributed by atoms with van der Waals surface area (Å²) in [7, 11) is 0. The maximum Gasteiger partial charge on any atom is 0.121 e. The minimum atomic E-state index is 0.578. The molecule has 3 nitrogen and oxygen atoms in total. The highest BCUT2D eigenvalue weighted by Gasteiger charge is 2.05. The Balaban J connectivity index is 1.48. The lowest BCUT2D eigenvalue weighted by Crippen LogP contribution is -2.17. The van der Waals surface area contributed by atoms with Crippen molar-refractivity contribution in [1.29, 1.82) is 0 Å². The number of fused-ring (bicyclic) bond motifs is 1. The first kappa shape index (κ1) is 13.8. The van der Waals surface area contributed by atoms with E-state index in [0.29, 0.717) is 5.92 Å². The van der Waals surface area contributed by atoms with Crippen molar-refractivity contribution in [1.82, 2.24) is 15.3 Å². The molecule has 0 saturated heterocycles. The van der Waals surface area contributed by atoms with E-state index in [-0.39, 0.29) is 0 Å². The number of benzene rings is 2. The third-order valence-corrected chi connectivity index (χ3v) is 3.85. The van der Waals surface area contributed by atoms with E-state index in [9.17, 15) is 0 Å². The van der Waals surface area contributed by atoms with Gasteiger partial charge < -0.3 is 10.3 Å². The molecule has 0 aliphatic heterocycles. The van der Waals surface area contributed by atoms with Crippen LogP contribution < -0.4 is 5.32 Å². The van der Waals surface area contributed by atoms with Gasteiger partial charge in [-0.05, 0) is 36.6 Å². The number of hydrogen-bond donors (Lipinski definition) is 2. The van der Waals surface area contributed by atoms with E-state index in [2.05, 4.69) is 58.6 Å². The summed E-state index contributed by atoms with van der Waals surface area (Å²) in [5.74, 6) is 1.58. The first-order valence-corrected chi connectivity index (χ1v) is 7.52. The number of hydrogen-bond acceptors (Lipinski definition) is 2. The zero-order chi connectivity index (χ0) is 14.5. The van der Waals surface area contributed by atoms with Gasteiger partial charge in [-0.2, -0.15) is 0 Å². The molecule has 0 bridgehead atoms. The third kappa shape index (κ3) is 3.50. The van der Waals surface area contributed by atoms with Gasteiger partial charge in [0.05, 0.1) is 17.6 Å². The SMILES string of the molecule is CC(CCNCc1nc2ccccc2[nH]1)c1ccccc1. The number of H-pyrrole nitrogens is 1. The summed E-state index contributed by atoms with van der Waals surface area (Å²) in [4.78, 5) is 7.91. The van der Waals surface area contributed by atoms with Crippen molar-refractivity contribution in [3.8, 4) is 0 Å². The van der Waals surface area contributed by atoms with Crippen LogP contribution in [-0.2, 0) is 6.54 Å². The molecular weight excluding hydrogens is 258 g/mol. The van der Waals surface area contributed by atoms with Gasteiger partial charge >= 0.3 is 0 Å². The van der Waals surface area contributed by atoms with Gasteiger partial charge in [0.2, 0.25) is 0 Å². The molecule has 2 aromatic carbocycles. The number of rotatable bonds is 6. The van der Waals surface area contributed by atoms with E-state index in [4.69, 9.17) is 0 Å². The van der Waals surface area contributed by atoms with Gasteiger partial charge in [-0.15, -0.1) is 0 Å². The Labute approximate surface area is 125 Å². The topological polar surface area (TPSA) is 40.7 Å². The van der Waals surface area contributed by atoms with Crippen LogP contribution in [0, 0.1) is 0 Å². The molecule has 0 spiro atoms. The Bertz CT molecular complexity index is 655. The highest BCUT2D eigenvalue weighted by Crippen LogP contribution is 2.17. The second kappa shape index (κ2) is 6.55. The molecule has 0 aliphatic rings. The molecule has 3 heteroatoms. The van der Waals surface area contributed by atoms with Crippen LogP contribution in [0.25, 0.3) is 11.0 Å². The quantitative estimate of drug-likeness (QED) is 0.673. The Morgan fingerprint density at radius 3 is 2.62 bits per heavy atom. The van der Waals surface area contributed by atoms with Crippen molar-refractivity contribution < 1.29 is 0 Å². The fourth-order valence-corrected chi connectivity index (χ4v) is 2.56. The van der Waals surface area contributed by atoms with Gasteiger partial charge in [0.25, 0.3) is 0 Å². The van der Waals surface area contributed by atoms with Crippen LogP contribution in [-0.4, -0.2) is 16.5 Å². The Hall–Kier alpha value is -2.13. The zero-order valence-corrected chi connectivity index (χ0v) is 12.3. The van der Waals surface area contributed by atoms with Gasteiger partial charge in [-0.1, -0.05) is 49.4 Å². The van der Waals surface area contributed by atoms with E-state index in [1.54, 1.807) is 0 Å². The summed E-state index contributed by atoms with van der Waals surface area (Å²) in [6.07, 6.45) is 1.13. The van der Waals surface area contributed by atoms with Crippen LogP contribution in [0.5, 0.6) is 0 Å². The van der Waals surface area contributed by atoms with Crippen molar-refractivity contribution >= 4 is 11.0 Å². The number of nitrogens with zero attached hydrogens (tertiary/aromatic N) is 1. The molecule has 0 aliphatic carbocycles. The van der Waals surface area contributed by atoms with Crippen LogP contribution in [0.4, 0.5) is 0 Å². The van der Waals surface area contributed by atoms with Crippen molar-refractivity contribution in [2.75, 3.05) is 6.54 Å². The first-order valence-electron chi connectivity index (χ1n) is 7.52. The van der Waals surface area contributed by atoms with Gasteiger partial charge in [-0.25, -0.2) is 4.98 Å². The van der Waals surface area contributed by atoms with Crippen molar-refractivity contribution in [2.45, 2.75) is 25.8 Å². The second-order valence-electron chi connectivity index (χ2n) is 5.48. The smallest absolute Gasteiger partial charge is 0.121 e. The third-order valence-electron chi connectivity index (χ3n) is 3.85. The molecule has 21 heavy (non-hydrogen) atoms. The molecule has 1 heterocycles. The zero-order valence-electron chi connectivity index (χ0n) is 12.3. The van der Waals surface area contributed by atoms with Gasteiger partial charge in [0, 0.05) is 0 Å². The monoisotopic (exact) mass is 279 g/mol. The fraction of sp³-hybridized carbons (Fsp3) is 0.278. The van der Waals surface area contributed by atoms with Crippen LogP contribution in [0.3, 0.4) is 0 Å². The first-order chi connectivity index (χ1) is 10.3. The van der Waals surface area contributed by atoms with Crippen LogP contribution in [0.15, 0.2) is 54.6 Å². The maximum absolute atomic E-state index is 4.57. The highest BCUT2D eigenvalue weighted by molar-refractivity contribution is 5.74. The minimum absolute atomic E-state index is 0.578. The van der Waals surface area contributed by atoms with E-state index >= 15 is 0 Å². The minimum Gasteiger partial charge on any atom is -0.341 e. The van der Waals surface area contributed by atoms with E-state index in [1.165, 1.54) is 5.56 Å². The molecule has 0 amide bonds. The molecule has 108 valence electrons. The standard InChI is InChI=1S/C18H21N3/c1-14(15-7-3-2-4-8-15)11-12-19-13-18-20-16-9-5-6-10-17(16)21-18/h2-10,14,19H,11-13H2,1H3,(H,20,21). The number of aromatic nitrogens is 2. The number of para-hydroxylation sites is 2. The summed E-state index contributed by atoms with van der Waals surface area (Å²) in [6.45, 7) is 4.06. The Kier molecular flexibility index (Phi) is 4.31. The van der Waals surface area contributed by atoms with Crippen molar-refractivity contribution in [3.63, 3.8) is 0 Å². The van der Waals surface area contributed by atoms with Crippen molar-refractivity contribution in [2.24, 2.45) is 0 Å². The Morgan fingerprint density at radius 1 is 1.05 bits per heavy atom. The molecule has 3 rings (SSSR count). The predicted octanol–water partition coefficient (Wildman–Crippen LogP) is 3.85. The molecule has 2 N–H and O–H groups in total. The number of imidazole rings is 1. The molecule has 0 fully saturated rings. The lowest BCUT2D eigenvalue weighted by molar-refractivity contribution is 0.586. The lowest BCUT2D eigenvalue weighted by atomic mass is 9.98. The molecule has 1 atom stereocenters. The van der Waals surface area contributed by atoms with Crippen LogP contribution >= 0.6 is 0 Å². The van der Waals surface area contributed by atoms with Gasteiger partial charge in [-0.3, -0.25) is 0 Å². The second-order valence-corrected chi connectivity index (χ2v) is 5.48. The summed E-state index contributed by atoms with van der Waals surface area (Å²) < 4.78 is 0. The highest BCUT2D eigenvalue weighted by atomic mass is 15.0. The van der Waals surface area contributed by atoms with Crippen molar-refractivity contribution in [3.05, 3.63) is 66.0 Å². The number of nitrogens with one attached hydrogen (secondary N) is 2. The predicted molar refractivity (Wildman–Crippen MR) is 87.3 cm³/mol. The number of aromatic amines is 1. The summed E-state index contributed by atoms with van der Waals surface area (Å²) in [5, 5.41) is 3.47. The Morgan fingerprint density at radius 2 is 1.81 bits per heavy atom. The average Bonchev–Trinajstić information content (AvgIpc) is 2.95.